The number of hydrogen-bond acceptors (Lipinski definition) is 3. The zero-order valence-electron chi connectivity index (χ0n) is 16.8. The monoisotopic (exact) mass is 382 g/mol. The highest BCUT2D eigenvalue weighted by molar-refractivity contribution is 8.18. The highest BCUT2D eigenvalue weighted by Gasteiger charge is 2.37. The van der Waals surface area contributed by atoms with Gasteiger partial charge in [-0.05, 0) is 87.7 Å². The Kier molecular flexibility index (Phi) is 5.33. The average Bonchev–Trinajstić information content (AvgIpc) is 3.06. The van der Waals surface area contributed by atoms with Crippen LogP contribution in [0.4, 0.5) is 4.79 Å². The Hall–Kier alpha value is -2.27. The summed E-state index contributed by atoms with van der Waals surface area (Å²) < 4.78 is 2.22. The minimum atomic E-state index is -0.184. The van der Waals surface area contributed by atoms with Gasteiger partial charge in [-0.3, -0.25) is 14.5 Å². The molecule has 1 aliphatic rings. The van der Waals surface area contributed by atoms with Gasteiger partial charge in [0, 0.05) is 23.1 Å². The third kappa shape index (κ3) is 3.36. The summed E-state index contributed by atoms with van der Waals surface area (Å²) in [5.41, 5.74) is 6.78. The van der Waals surface area contributed by atoms with E-state index in [1.54, 1.807) is 0 Å². The predicted octanol–water partition coefficient (Wildman–Crippen LogP) is 5.55. The smallest absolute Gasteiger partial charge is 0.293 e. The fraction of sp³-hybridized carbons (Fsp3) is 0.364. The minimum absolute atomic E-state index is 0.0780. The summed E-state index contributed by atoms with van der Waals surface area (Å²) in [5.74, 6) is -0.184. The van der Waals surface area contributed by atoms with E-state index in [0.29, 0.717) is 4.91 Å². The van der Waals surface area contributed by atoms with Crippen molar-refractivity contribution in [1.29, 1.82) is 0 Å². The maximum absolute atomic E-state index is 12.7. The molecule has 142 valence electrons. The Morgan fingerprint density at radius 1 is 1.15 bits per heavy atom. The van der Waals surface area contributed by atoms with E-state index in [-0.39, 0.29) is 17.2 Å². The van der Waals surface area contributed by atoms with Gasteiger partial charge in [-0.15, -0.1) is 0 Å². The van der Waals surface area contributed by atoms with E-state index in [0.717, 1.165) is 40.8 Å². The second-order valence-corrected chi connectivity index (χ2v) is 8.18. The molecule has 4 nitrogen and oxygen atoms in total. The topological polar surface area (TPSA) is 42.3 Å². The molecule has 2 amide bonds. The molecule has 1 atom stereocenters. The predicted molar refractivity (Wildman–Crippen MR) is 112 cm³/mol. The number of nitrogens with zero attached hydrogens (tertiary/aromatic N) is 2. The number of imide groups is 1. The molecule has 1 saturated heterocycles. The molecule has 0 radical (unpaired) electrons. The van der Waals surface area contributed by atoms with Crippen molar-refractivity contribution in [2.24, 2.45) is 0 Å². The second kappa shape index (κ2) is 7.39. The van der Waals surface area contributed by atoms with Gasteiger partial charge in [0.2, 0.25) is 0 Å². The van der Waals surface area contributed by atoms with Gasteiger partial charge >= 0.3 is 0 Å². The van der Waals surface area contributed by atoms with Crippen LogP contribution in [0.15, 0.2) is 29.2 Å². The fourth-order valence-electron chi connectivity index (χ4n) is 3.47. The molecule has 0 bridgehead atoms. The van der Waals surface area contributed by atoms with E-state index >= 15 is 0 Å². The number of benzene rings is 1. The number of aryl methyl sites for hydroxylation is 2. The van der Waals surface area contributed by atoms with Crippen LogP contribution in [-0.2, 0) is 4.79 Å². The summed E-state index contributed by atoms with van der Waals surface area (Å²) in [4.78, 5) is 26.8. The summed E-state index contributed by atoms with van der Waals surface area (Å²) in [5, 5.41) is -0.177. The number of carbonyl (C=O) groups excluding carboxylic acids is 2. The molecule has 27 heavy (non-hydrogen) atoms. The van der Waals surface area contributed by atoms with Gasteiger partial charge in [0.1, 0.15) is 0 Å². The first-order valence-electron chi connectivity index (χ1n) is 9.28. The van der Waals surface area contributed by atoms with Crippen molar-refractivity contribution in [2.45, 2.75) is 54.0 Å². The zero-order valence-corrected chi connectivity index (χ0v) is 17.6. The SMILES string of the molecule is CC[C@H](C)N1C(=O)S/C(=C/c2cc(C)n(-c3cccc(C)c3C)c2C)C1=O. The molecule has 0 unspecified atom stereocenters. The third-order valence-corrected chi connectivity index (χ3v) is 6.31. The van der Waals surface area contributed by atoms with Gasteiger partial charge in [-0.25, -0.2) is 0 Å². The van der Waals surface area contributed by atoms with Crippen LogP contribution in [-0.4, -0.2) is 26.7 Å². The first-order chi connectivity index (χ1) is 12.8. The number of hydrogen-bond donors (Lipinski definition) is 0. The minimum Gasteiger partial charge on any atom is -0.318 e. The lowest BCUT2D eigenvalue weighted by Gasteiger charge is -2.19. The van der Waals surface area contributed by atoms with E-state index in [1.807, 2.05) is 19.9 Å². The standard InChI is InChI=1S/C22H26N2O2S/c1-7-14(3)24-21(25)20(27-22(24)26)12-18-11-15(4)23(17(18)6)19-10-8-9-13(2)16(19)5/h8-12,14H,7H2,1-6H3/b20-12+/t14-/m0/s1. The van der Waals surface area contributed by atoms with Crippen LogP contribution in [0.2, 0.25) is 0 Å². The molecule has 0 N–H and O–H groups in total. The third-order valence-electron chi connectivity index (χ3n) is 5.43. The lowest BCUT2D eigenvalue weighted by atomic mass is 10.1. The lowest BCUT2D eigenvalue weighted by Crippen LogP contribution is -2.36. The largest absolute Gasteiger partial charge is 0.318 e. The van der Waals surface area contributed by atoms with Crippen molar-refractivity contribution < 1.29 is 9.59 Å². The van der Waals surface area contributed by atoms with Crippen LogP contribution >= 0.6 is 11.8 Å². The Balaban J connectivity index is 2.03. The van der Waals surface area contributed by atoms with E-state index in [2.05, 4.69) is 56.5 Å². The summed E-state index contributed by atoms with van der Waals surface area (Å²) in [6.45, 7) is 12.2. The number of amides is 2. The molecular formula is C22H26N2O2S. The van der Waals surface area contributed by atoms with Gasteiger partial charge in [-0.2, -0.15) is 0 Å². The van der Waals surface area contributed by atoms with Crippen LogP contribution in [0.25, 0.3) is 11.8 Å². The highest BCUT2D eigenvalue weighted by Crippen LogP contribution is 2.35. The van der Waals surface area contributed by atoms with Crippen molar-refractivity contribution in [3.05, 3.63) is 57.2 Å². The Labute approximate surface area is 165 Å². The van der Waals surface area contributed by atoms with Crippen molar-refractivity contribution in [1.82, 2.24) is 9.47 Å². The van der Waals surface area contributed by atoms with Crippen molar-refractivity contribution in [3.8, 4) is 5.69 Å². The zero-order chi connectivity index (χ0) is 19.9. The average molecular weight is 383 g/mol. The molecule has 2 aromatic rings. The quantitative estimate of drug-likeness (QED) is 0.652. The van der Waals surface area contributed by atoms with Gasteiger partial charge in [0.05, 0.1) is 4.91 Å². The normalized spacial score (nSPS) is 17.3. The molecule has 5 heteroatoms. The molecular weight excluding hydrogens is 356 g/mol. The van der Waals surface area contributed by atoms with Crippen molar-refractivity contribution >= 4 is 29.0 Å². The molecule has 0 saturated carbocycles. The Bertz CT molecular complexity index is 955. The second-order valence-electron chi connectivity index (χ2n) is 7.19. The lowest BCUT2D eigenvalue weighted by molar-refractivity contribution is -0.124. The van der Waals surface area contributed by atoms with Gasteiger partial charge in [0.15, 0.2) is 0 Å². The van der Waals surface area contributed by atoms with Crippen LogP contribution in [0.5, 0.6) is 0 Å². The molecule has 0 aliphatic carbocycles. The van der Waals surface area contributed by atoms with Crippen molar-refractivity contribution in [2.75, 3.05) is 0 Å². The summed E-state index contributed by atoms with van der Waals surface area (Å²) >= 11 is 1.03. The van der Waals surface area contributed by atoms with Crippen LogP contribution in [0, 0.1) is 27.7 Å². The Morgan fingerprint density at radius 2 is 1.85 bits per heavy atom. The Morgan fingerprint density at radius 3 is 2.52 bits per heavy atom. The van der Waals surface area contributed by atoms with Crippen LogP contribution in [0.1, 0.15) is 48.3 Å². The van der Waals surface area contributed by atoms with Gasteiger partial charge < -0.3 is 4.57 Å². The number of aromatic nitrogens is 1. The van der Waals surface area contributed by atoms with Crippen LogP contribution < -0.4 is 0 Å². The molecule has 3 rings (SSSR count). The maximum Gasteiger partial charge on any atom is 0.293 e. The molecule has 2 heterocycles. The molecule has 1 aliphatic heterocycles. The van der Waals surface area contributed by atoms with E-state index in [1.165, 1.54) is 16.0 Å². The van der Waals surface area contributed by atoms with E-state index < -0.39 is 0 Å². The van der Waals surface area contributed by atoms with E-state index in [9.17, 15) is 9.59 Å². The first kappa shape index (κ1) is 19.5. The molecule has 1 aromatic carbocycles. The first-order valence-corrected chi connectivity index (χ1v) is 10.1. The molecule has 0 spiro atoms. The maximum atomic E-state index is 12.7. The number of thioether (sulfide) groups is 1. The summed E-state index contributed by atoms with van der Waals surface area (Å²) in [6, 6.07) is 8.29. The number of rotatable bonds is 4. The van der Waals surface area contributed by atoms with E-state index in [4.69, 9.17) is 0 Å². The highest BCUT2D eigenvalue weighted by atomic mass is 32.2. The van der Waals surface area contributed by atoms with Gasteiger partial charge in [0.25, 0.3) is 11.1 Å². The van der Waals surface area contributed by atoms with Crippen LogP contribution in [0.3, 0.4) is 0 Å². The number of carbonyl (C=O) groups is 2. The fourth-order valence-corrected chi connectivity index (χ4v) is 4.39. The van der Waals surface area contributed by atoms with Gasteiger partial charge in [-0.1, -0.05) is 19.1 Å². The summed E-state index contributed by atoms with van der Waals surface area (Å²) in [6.07, 6.45) is 2.61. The molecule has 1 fully saturated rings. The van der Waals surface area contributed by atoms with Crippen molar-refractivity contribution in [3.63, 3.8) is 0 Å². The summed E-state index contributed by atoms with van der Waals surface area (Å²) in [7, 11) is 0. The molecule has 1 aromatic heterocycles.